The summed E-state index contributed by atoms with van der Waals surface area (Å²) >= 11 is 0. The lowest BCUT2D eigenvalue weighted by atomic mass is 10.0. The number of ether oxygens (including phenoxy) is 1. The van der Waals surface area contributed by atoms with Crippen LogP contribution in [0.3, 0.4) is 0 Å². The number of H-pyrrole nitrogens is 1. The number of methoxy groups -OCH3 is 1. The molecule has 0 saturated heterocycles. The van der Waals surface area contributed by atoms with Gasteiger partial charge in [-0.1, -0.05) is 0 Å². The quantitative estimate of drug-likeness (QED) is 0.711. The SMILES string of the molecule is COc1ccc(C(=N)c2c(N)cc[nH]c2=O)cc1. The largest absolute Gasteiger partial charge is 0.497 e. The van der Waals surface area contributed by atoms with Crippen LogP contribution in [0.1, 0.15) is 11.1 Å². The first-order valence-electron chi connectivity index (χ1n) is 5.34. The number of benzene rings is 1. The standard InChI is InChI=1S/C13H13N3O2/c1-18-9-4-2-8(3-5-9)12(15)11-10(14)6-7-16-13(11)17/h2-7,15H,1H3,(H3,14,16,17). The molecule has 0 saturated carbocycles. The third kappa shape index (κ3) is 2.10. The Bertz CT molecular complexity index is 629. The van der Waals surface area contributed by atoms with Crippen LogP contribution >= 0.6 is 0 Å². The van der Waals surface area contributed by atoms with Gasteiger partial charge in [0.2, 0.25) is 0 Å². The van der Waals surface area contributed by atoms with Crippen LogP contribution < -0.4 is 16.0 Å². The smallest absolute Gasteiger partial charge is 0.259 e. The molecule has 0 unspecified atom stereocenters. The molecule has 92 valence electrons. The molecule has 18 heavy (non-hydrogen) atoms. The van der Waals surface area contributed by atoms with Crippen molar-refractivity contribution in [3.05, 3.63) is 58.0 Å². The van der Waals surface area contributed by atoms with E-state index in [0.29, 0.717) is 17.0 Å². The molecule has 0 aliphatic carbocycles. The third-order valence-corrected chi connectivity index (χ3v) is 2.62. The van der Waals surface area contributed by atoms with E-state index in [1.165, 1.54) is 6.20 Å². The number of nitrogen functional groups attached to an aromatic ring is 1. The summed E-state index contributed by atoms with van der Waals surface area (Å²) < 4.78 is 5.04. The number of aromatic amines is 1. The molecule has 0 spiro atoms. The normalized spacial score (nSPS) is 10.1. The van der Waals surface area contributed by atoms with E-state index in [4.69, 9.17) is 15.9 Å². The second-order valence-corrected chi connectivity index (χ2v) is 3.74. The molecule has 1 aromatic heterocycles. The Kier molecular flexibility index (Phi) is 3.14. The molecule has 2 aromatic rings. The number of aromatic nitrogens is 1. The van der Waals surface area contributed by atoms with E-state index < -0.39 is 0 Å². The van der Waals surface area contributed by atoms with Crippen LogP contribution in [-0.2, 0) is 0 Å². The molecule has 5 heteroatoms. The first-order chi connectivity index (χ1) is 8.63. The lowest BCUT2D eigenvalue weighted by Gasteiger charge is -2.07. The van der Waals surface area contributed by atoms with E-state index in [9.17, 15) is 4.79 Å². The Balaban J connectivity index is 2.45. The molecule has 0 bridgehead atoms. The Hall–Kier alpha value is -2.56. The number of anilines is 1. The van der Waals surface area contributed by atoms with Crippen molar-refractivity contribution >= 4 is 11.4 Å². The van der Waals surface area contributed by atoms with Crippen molar-refractivity contribution < 1.29 is 4.74 Å². The van der Waals surface area contributed by atoms with Gasteiger partial charge in [0.25, 0.3) is 5.56 Å². The Labute approximate surface area is 104 Å². The average Bonchev–Trinajstić information content (AvgIpc) is 2.38. The van der Waals surface area contributed by atoms with Crippen LogP contribution in [0.4, 0.5) is 5.69 Å². The molecule has 4 N–H and O–H groups in total. The monoisotopic (exact) mass is 243 g/mol. The lowest BCUT2D eigenvalue weighted by Crippen LogP contribution is -2.20. The number of pyridine rings is 1. The maximum absolute atomic E-state index is 11.7. The highest BCUT2D eigenvalue weighted by Crippen LogP contribution is 2.15. The molecule has 0 aliphatic rings. The third-order valence-electron chi connectivity index (χ3n) is 2.62. The summed E-state index contributed by atoms with van der Waals surface area (Å²) in [6.07, 6.45) is 1.46. The fourth-order valence-electron chi connectivity index (χ4n) is 1.65. The van der Waals surface area contributed by atoms with Gasteiger partial charge in [-0.2, -0.15) is 0 Å². The molecule has 1 heterocycles. The van der Waals surface area contributed by atoms with Gasteiger partial charge >= 0.3 is 0 Å². The summed E-state index contributed by atoms with van der Waals surface area (Å²) in [4.78, 5) is 14.2. The predicted octanol–water partition coefficient (Wildman–Crippen LogP) is 1.38. The molecule has 0 fully saturated rings. The van der Waals surface area contributed by atoms with Gasteiger partial charge in [-0.05, 0) is 30.3 Å². The molecule has 0 atom stereocenters. The first kappa shape index (κ1) is 11.9. The van der Waals surface area contributed by atoms with Gasteiger partial charge in [-0.25, -0.2) is 0 Å². The van der Waals surface area contributed by atoms with Gasteiger partial charge in [0, 0.05) is 17.4 Å². The van der Waals surface area contributed by atoms with Crippen molar-refractivity contribution in [3.63, 3.8) is 0 Å². The maximum Gasteiger partial charge on any atom is 0.259 e. The van der Waals surface area contributed by atoms with Crippen LogP contribution in [0.5, 0.6) is 5.75 Å². The van der Waals surface area contributed by atoms with Crippen molar-refractivity contribution in [1.29, 1.82) is 5.41 Å². The number of hydrogen-bond acceptors (Lipinski definition) is 4. The summed E-state index contributed by atoms with van der Waals surface area (Å²) in [5.74, 6) is 0.696. The summed E-state index contributed by atoms with van der Waals surface area (Å²) in [5, 5.41) is 8.04. The van der Waals surface area contributed by atoms with Gasteiger partial charge in [-0.3, -0.25) is 10.2 Å². The topological polar surface area (TPSA) is 92.0 Å². The molecule has 0 amide bonds. The molecule has 0 aliphatic heterocycles. The van der Waals surface area contributed by atoms with Crippen LogP contribution in [-0.4, -0.2) is 17.8 Å². The zero-order valence-electron chi connectivity index (χ0n) is 9.86. The Morgan fingerprint density at radius 2 is 1.94 bits per heavy atom. The van der Waals surface area contributed by atoms with Crippen molar-refractivity contribution in [1.82, 2.24) is 4.98 Å². The van der Waals surface area contributed by atoms with Crippen molar-refractivity contribution in [2.24, 2.45) is 0 Å². The summed E-state index contributed by atoms with van der Waals surface area (Å²) in [6.45, 7) is 0. The molecule has 0 radical (unpaired) electrons. The van der Waals surface area contributed by atoms with Gasteiger partial charge in [0.05, 0.1) is 18.4 Å². The Morgan fingerprint density at radius 1 is 1.28 bits per heavy atom. The molecule has 1 aromatic carbocycles. The maximum atomic E-state index is 11.7. The Morgan fingerprint density at radius 3 is 2.50 bits per heavy atom. The summed E-state index contributed by atoms with van der Waals surface area (Å²) in [5.41, 5.74) is 6.54. The summed E-state index contributed by atoms with van der Waals surface area (Å²) in [6, 6.07) is 8.46. The number of nitrogens with two attached hydrogens (primary N) is 1. The number of hydrogen-bond donors (Lipinski definition) is 3. The number of rotatable bonds is 3. The lowest BCUT2D eigenvalue weighted by molar-refractivity contribution is 0.415. The van der Waals surface area contributed by atoms with E-state index in [0.717, 1.165) is 0 Å². The van der Waals surface area contributed by atoms with E-state index in [1.807, 2.05) is 0 Å². The van der Waals surface area contributed by atoms with E-state index >= 15 is 0 Å². The fourth-order valence-corrected chi connectivity index (χ4v) is 1.65. The minimum atomic E-state index is -0.365. The number of nitrogens with one attached hydrogen (secondary N) is 2. The summed E-state index contributed by atoms with van der Waals surface area (Å²) in [7, 11) is 1.57. The molecule has 2 rings (SSSR count). The first-order valence-corrected chi connectivity index (χ1v) is 5.34. The highest BCUT2D eigenvalue weighted by molar-refractivity contribution is 6.13. The van der Waals surface area contributed by atoms with Crippen LogP contribution in [0.2, 0.25) is 0 Å². The molecule has 5 nitrogen and oxygen atoms in total. The zero-order chi connectivity index (χ0) is 13.1. The minimum Gasteiger partial charge on any atom is -0.497 e. The van der Waals surface area contributed by atoms with Gasteiger partial charge in [-0.15, -0.1) is 0 Å². The van der Waals surface area contributed by atoms with Crippen LogP contribution in [0, 0.1) is 5.41 Å². The predicted molar refractivity (Wildman–Crippen MR) is 70.4 cm³/mol. The highest BCUT2D eigenvalue weighted by Gasteiger charge is 2.12. The fraction of sp³-hybridized carbons (Fsp3) is 0.0769. The molecular weight excluding hydrogens is 230 g/mol. The van der Waals surface area contributed by atoms with E-state index in [2.05, 4.69) is 4.98 Å². The highest BCUT2D eigenvalue weighted by atomic mass is 16.5. The minimum absolute atomic E-state index is 0.0944. The zero-order valence-corrected chi connectivity index (χ0v) is 9.86. The van der Waals surface area contributed by atoms with Crippen LogP contribution in [0.25, 0.3) is 0 Å². The van der Waals surface area contributed by atoms with Gasteiger partial charge in [0.15, 0.2) is 0 Å². The van der Waals surface area contributed by atoms with E-state index in [-0.39, 0.29) is 16.8 Å². The van der Waals surface area contributed by atoms with Crippen molar-refractivity contribution in [2.45, 2.75) is 0 Å². The van der Waals surface area contributed by atoms with E-state index in [1.54, 1.807) is 37.4 Å². The van der Waals surface area contributed by atoms with Gasteiger partial charge in [0.1, 0.15) is 5.75 Å². The van der Waals surface area contributed by atoms with Gasteiger partial charge < -0.3 is 15.5 Å². The van der Waals surface area contributed by atoms with Crippen LogP contribution in [0.15, 0.2) is 41.3 Å². The van der Waals surface area contributed by atoms with Crippen molar-refractivity contribution in [3.8, 4) is 5.75 Å². The second kappa shape index (κ2) is 4.75. The second-order valence-electron chi connectivity index (χ2n) is 3.74. The van der Waals surface area contributed by atoms with Crippen molar-refractivity contribution in [2.75, 3.05) is 12.8 Å². The average molecular weight is 243 g/mol. The molecular formula is C13H13N3O2.